The maximum absolute atomic E-state index is 10.2. The van der Waals surface area contributed by atoms with E-state index in [4.69, 9.17) is 0 Å². The van der Waals surface area contributed by atoms with Gasteiger partial charge < -0.3 is 15.1 Å². The molecule has 1 aromatic rings. The van der Waals surface area contributed by atoms with Gasteiger partial charge in [-0.25, -0.2) is 0 Å². The Morgan fingerprint density at radius 2 is 2.11 bits per heavy atom. The van der Waals surface area contributed by atoms with Crippen LogP contribution in [0, 0.1) is 5.92 Å². The highest BCUT2D eigenvalue weighted by atomic mass is 79.9. The average Bonchev–Trinajstić information content (AvgIpc) is 2.85. The average molecular weight is 328 g/mol. The van der Waals surface area contributed by atoms with Crippen LogP contribution >= 0.6 is 15.9 Å². The van der Waals surface area contributed by atoms with Crippen molar-refractivity contribution in [3.8, 4) is 0 Å². The molecule has 0 spiro atoms. The van der Waals surface area contributed by atoms with E-state index in [1.807, 2.05) is 31.2 Å². The van der Waals surface area contributed by atoms with Crippen LogP contribution in [0.5, 0.6) is 0 Å². The van der Waals surface area contributed by atoms with Crippen LogP contribution in [0.3, 0.4) is 0 Å². The smallest absolute Gasteiger partial charge is 0.0813 e. The zero-order chi connectivity index (χ0) is 13.8. The van der Waals surface area contributed by atoms with E-state index < -0.39 is 6.10 Å². The molecule has 2 rings (SSSR count). The summed E-state index contributed by atoms with van der Waals surface area (Å²) in [5.74, 6) is 0.389. The van der Waals surface area contributed by atoms with Crippen molar-refractivity contribution >= 4 is 15.9 Å². The molecule has 1 saturated heterocycles. The van der Waals surface area contributed by atoms with Gasteiger partial charge in [0.1, 0.15) is 0 Å². The summed E-state index contributed by atoms with van der Waals surface area (Å²) in [7, 11) is 0. The number of likely N-dealkylation sites (tertiary alicyclic amines) is 1. The molecule has 1 aromatic carbocycles. The fourth-order valence-electron chi connectivity index (χ4n) is 2.67. The normalized spacial score (nSPS) is 23.5. The predicted octanol–water partition coefficient (Wildman–Crippen LogP) is 2.58. The molecule has 106 valence electrons. The second kappa shape index (κ2) is 6.84. The summed E-state index contributed by atoms with van der Waals surface area (Å²) in [5.41, 5.74) is 0.953. The molecule has 1 fully saturated rings. The van der Waals surface area contributed by atoms with E-state index >= 15 is 0 Å². The first-order valence-electron chi connectivity index (χ1n) is 6.91. The first-order valence-corrected chi connectivity index (χ1v) is 7.70. The van der Waals surface area contributed by atoms with Crippen LogP contribution in [0.15, 0.2) is 28.7 Å². The minimum absolute atomic E-state index is 0.224. The van der Waals surface area contributed by atoms with E-state index in [9.17, 15) is 10.2 Å². The van der Waals surface area contributed by atoms with E-state index in [0.717, 1.165) is 42.5 Å². The van der Waals surface area contributed by atoms with Gasteiger partial charge in [-0.2, -0.15) is 0 Å². The monoisotopic (exact) mass is 327 g/mol. The van der Waals surface area contributed by atoms with Crippen molar-refractivity contribution < 1.29 is 10.2 Å². The molecule has 1 heterocycles. The van der Waals surface area contributed by atoms with E-state index in [-0.39, 0.29) is 6.10 Å². The highest BCUT2D eigenvalue weighted by Crippen LogP contribution is 2.26. The standard InChI is InChI=1S/C15H22BrNO2/c1-11(18)12-6-8-17(10-12)9-7-15(19)13-4-2-3-5-14(13)16/h2-5,11-12,15,18-19H,6-10H2,1H3. The number of nitrogens with zero attached hydrogens (tertiary/aromatic N) is 1. The summed E-state index contributed by atoms with van der Waals surface area (Å²) in [6, 6.07) is 7.81. The third-order valence-corrected chi connectivity index (χ3v) is 4.70. The number of hydrogen-bond acceptors (Lipinski definition) is 3. The van der Waals surface area contributed by atoms with Crippen LogP contribution in [0.25, 0.3) is 0 Å². The van der Waals surface area contributed by atoms with Crippen molar-refractivity contribution in [1.82, 2.24) is 4.90 Å². The summed E-state index contributed by atoms with van der Waals surface area (Å²) < 4.78 is 0.964. The fraction of sp³-hybridized carbons (Fsp3) is 0.600. The molecule has 0 radical (unpaired) electrons. The van der Waals surface area contributed by atoms with Crippen LogP contribution in [-0.4, -0.2) is 40.9 Å². The molecule has 3 unspecified atom stereocenters. The molecule has 4 heteroatoms. The Kier molecular flexibility index (Phi) is 5.39. The molecule has 1 aliphatic rings. The highest BCUT2D eigenvalue weighted by molar-refractivity contribution is 9.10. The third kappa shape index (κ3) is 4.02. The Morgan fingerprint density at radius 1 is 1.37 bits per heavy atom. The summed E-state index contributed by atoms with van der Waals surface area (Å²) >= 11 is 3.47. The van der Waals surface area contributed by atoms with Gasteiger partial charge in [-0.1, -0.05) is 34.1 Å². The minimum atomic E-state index is -0.429. The van der Waals surface area contributed by atoms with Gasteiger partial charge >= 0.3 is 0 Å². The lowest BCUT2D eigenvalue weighted by Crippen LogP contribution is -2.26. The predicted molar refractivity (Wildman–Crippen MR) is 79.9 cm³/mol. The molecule has 0 bridgehead atoms. The van der Waals surface area contributed by atoms with Crippen molar-refractivity contribution in [3.63, 3.8) is 0 Å². The topological polar surface area (TPSA) is 43.7 Å². The number of hydrogen-bond donors (Lipinski definition) is 2. The van der Waals surface area contributed by atoms with Crippen LogP contribution in [0.2, 0.25) is 0 Å². The van der Waals surface area contributed by atoms with Crippen molar-refractivity contribution in [1.29, 1.82) is 0 Å². The molecule has 3 nitrogen and oxygen atoms in total. The van der Waals surface area contributed by atoms with E-state index in [1.54, 1.807) is 0 Å². The molecule has 0 amide bonds. The quantitative estimate of drug-likeness (QED) is 0.873. The minimum Gasteiger partial charge on any atom is -0.393 e. The molecule has 2 N–H and O–H groups in total. The molecule has 0 aromatic heterocycles. The Hall–Kier alpha value is -0.420. The lowest BCUT2D eigenvalue weighted by molar-refractivity contribution is 0.121. The number of rotatable bonds is 5. The molecule has 1 aliphatic heterocycles. The Labute approximate surface area is 123 Å². The summed E-state index contributed by atoms with van der Waals surface area (Å²) in [6.45, 7) is 4.72. The van der Waals surface area contributed by atoms with Crippen LogP contribution in [0.4, 0.5) is 0 Å². The summed E-state index contributed by atoms with van der Waals surface area (Å²) in [6.07, 6.45) is 1.14. The largest absolute Gasteiger partial charge is 0.393 e. The van der Waals surface area contributed by atoms with Crippen LogP contribution in [-0.2, 0) is 0 Å². The van der Waals surface area contributed by atoms with Gasteiger partial charge in [-0.15, -0.1) is 0 Å². The molecule has 0 aliphatic carbocycles. The van der Waals surface area contributed by atoms with Crippen LogP contribution < -0.4 is 0 Å². The van der Waals surface area contributed by atoms with E-state index in [2.05, 4.69) is 20.8 Å². The first-order chi connectivity index (χ1) is 9.08. The summed E-state index contributed by atoms with van der Waals surface area (Å²) in [4.78, 5) is 2.33. The maximum atomic E-state index is 10.2. The molecule has 3 atom stereocenters. The number of aliphatic hydroxyl groups excluding tert-OH is 2. The van der Waals surface area contributed by atoms with E-state index in [0.29, 0.717) is 5.92 Å². The van der Waals surface area contributed by atoms with E-state index in [1.165, 1.54) is 0 Å². The number of benzene rings is 1. The third-order valence-electron chi connectivity index (χ3n) is 3.97. The van der Waals surface area contributed by atoms with Gasteiger partial charge in [0.15, 0.2) is 0 Å². The first kappa shape index (κ1) is 15.0. The lowest BCUT2D eigenvalue weighted by Gasteiger charge is -2.20. The Bertz CT molecular complexity index is 411. The number of aliphatic hydroxyl groups is 2. The zero-order valence-electron chi connectivity index (χ0n) is 11.3. The second-order valence-electron chi connectivity index (χ2n) is 5.42. The van der Waals surface area contributed by atoms with Gasteiger partial charge in [0.05, 0.1) is 12.2 Å². The van der Waals surface area contributed by atoms with Crippen molar-refractivity contribution in [2.75, 3.05) is 19.6 Å². The zero-order valence-corrected chi connectivity index (χ0v) is 12.9. The molecule has 0 saturated carbocycles. The van der Waals surface area contributed by atoms with Crippen molar-refractivity contribution in [2.45, 2.75) is 32.0 Å². The molecular formula is C15H22BrNO2. The number of halogens is 1. The highest BCUT2D eigenvalue weighted by Gasteiger charge is 2.26. The SMILES string of the molecule is CC(O)C1CCN(CCC(O)c2ccccc2Br)C1. The van der Waals surface area contributed by atoms with Gasteiger partial charge in [-0.05, 0) is 43.9 Å². The Morgan fingerprint density at radius 3 is 2.74 bits per heavy atom. The van der Waals surface area contributed by atoms with Gasteiger partial charge in [0.2, 0.25) is 0 Å². The Balaban J connectivity index is 1.82. The summed E-state index contributed by atoms with van der Waals surface area (Å²) in [5, 5.41) is 19.8. The van der Waals surface area contributed by atoms with Crippen molar-refractivity contribution in [2.24, 2.45) is 5.92 Å². The lowest BCUT2D eigenvalue weighted by atomic mass is 10.0. The van der Waals surface area contributed by atoms with Gasteiger partial charge in [0, 0.05) is 17.6 Å². The van der Waals surface area contributed by atoms with Crippen molar-refractivity contribution in [3.05, 3.63) is 34.3 Å². The maximum Gasteiger partial charge on any atom is 0.0813 e. The van der Waals surface area contributed by atoms with Gasteiger partial charge in [0.25, 0.3) is 0 Å². The fourth-order valence-corrected chi connectivity index (χ4v) is 3.21. The van der Waals surface area contributed by atoms with Gasteiger partial charge in [-0.3, -0.25) is 0 Å². The second-order valence-corrected chi connectivity index (χ2v) is 6.27. The molecule has 19 heavy (non-hydrogen) atoms. The molecular weight excluding hydrogens is 306 g/mol. The van der Waals surface area contributed by atoms with Crippen LogP contribution in [0.1, 0.15) is 31.4 Å².